The molecule has 0 aromatic heterocycles. The van der Waals surface area contributed by atoms with E-state index in [1.165, 1.54) is 6.21 Å². The van der Waals surface area contributed by atoms with E-state index in [1.807, 2.05) is 24.3 Å². The quantitative estimate of drug-likeness (QED) is 0.344. The lowest BCUT2D eigenvalue weighted by Crippen LogP contribution is -2.17. The molecule has 3 rings (SSSR count). The fourth-order valence-electron chi connectivity index (χ4n) is 2.28. The highest BCUT2D eigenvalue weighted by atomic mass is 79.9. The number of carbonyl (C=O) groups is 1. The summed E-state index contributed by atoms with van der Waals surface area (Å²) in [4.78, 5) is 12.2. The largest absolute Gasteiger partial charge is 0.489 e. The van der Waals surface area contributed by atoms with Gasteiger partial charge in [0.05, 0.1) is 11.2 Å². The fourth-order valence-corrected chi connectivity index (χ4v) is 3.00. The molecule has 0 heterocycles. The zero-order chi connectivity index (χ0) is 19.9. The van der Waals surface area contributed by atoms with Crippen molar-refractivity contribution in [1.29, 1.82) is 0 Å². The molecule has 0 fully saturated rings. The van der Waals surface area contributed by atoms with Crippen LogP contribution in [0.5, 0.6) is 5.75 Å². The van der Waals surface area contributed by atoms with E-state index in [0.29, 0.717) is 33.5 Å². The van der Waals surface area contributed by atoms with Gasteiger partial charge in [-0.3, -0.25) is 4.79 Å². The van der Waals surface area contributed by atoms with Crippen molar-refractivity contribution in [3.05, 3.63) is 97.9 Å². The van der Waals surface area contributed by atoms with Crippen molar-refractivity contribution in [3.63, 3.8) is 0 Å². The smallest absolute Gasteiger partial charge is 0.271 e. The van der Waals surface area contributed by atoms with Crippen LogP contribution < -0.4 is 10.2 Å². The second-order valence-corrected chi connectivity index (χ2v) is 7.56. The Hall–Kier alpha value is -2.34. The van der Waals surface area contributed by atoms with Crippen LogP contribution in [0.2, 0.25) is 10.0 Å². The molecule has 0 spiro atoms. The lowest BCUT2D eigenvalue weighted by Gasteiger charge is -2.07. The van der Waals surface area contributed by atoms with Crippen LogP contribution in [0.4, 0.5) is 0 Å². The molecule has 0 bridgehead atoms. The summed E-state index contributed by atoms with van der Waals surface area (Å²) in [6.45, 7) is 0.449. The summed E-state index contributed by atoms with van der Waals surface area (Å²) < 4.78 is 6.75. The van der Waals surface area contributed by atoms with Crippen LogP contribution in [0.25, 0.3) is 0 Å². The number of amides is 1. The molecule has 28 heavy (non-hydrogen) atoms. The topological polar surface area (TPSA) is 50.7 Å². The van der Waals surface area contributed by atoms with Gasteiger partial charge in [0.25, 0.3) is 5.91 Å². The number of carbonyl (C=O) groups excluding carboxylic acids is 1. The lowest BCUT2D eigenvalue weighted by molar-refractivity contribution is 0.0955. The van der Waals surface area contributed by atoms with Crippen molar-refractivity contribution < 1.29 is 9.53 Å². The van der Waals surface area contributed by atoms with Gasteiger partial charge >= 0.3 is 0 Å². The second-order valence-electron chi connectivity index (χ2n) is 5.80. The van der Waals surface area contributed by atoms with E-state index in [2.05, 4.69) is 26.5 Å². The third-order valence-electron chi connectivity index (χ3n) is 3.77. The highest BCUT2D eigenvalue weighted by Gasteiger charge is 2.05. The minimum Gasteiger partial charge on any atom is -0.489 e. The molecule has 4 nitrogen and oxygen atoms in total. The molecule has 1 N–H and O–H groups in total. The summed E-state index contributed by atoms with van der Waals surface area (Å²) in [6, 6.07) is 19.8. The van der Waals surface area contributed by atoms with E-state index in [4.69, 9.17) is 27.9 Å². The molecule has 3 aromatic rings. The third kappa shape index (κ3) is 5.83. The number of nitrogens with one attached hydrogen (secondary N) is 1. The highest BCUT2D eigenvalue weighted by molar-refractivity contribution is 9.10. The van der Waals surface area contributed by atoms with E-state index < -0.39 is 0 Å². The maximum atomic E-state index is 12.2. The number of hydrazone groups is 1. The zero-order valence-corrected chi connectivity index (χ0v) is 17.6. The monoisotopic (exact) mass is 476 g/mol. The van der Waals surface area contributed by atoms with Crippen LogP contribution in [-0.2, 0) is 6.61 Å². The average molecular weight is 478 g/mol. The van der Waals surface area contributed by atoms with Crippen LogP contribution >= 0.6 is 39.1 Å². The van der Waals surface area contributed by atoms with Crippen LogP contribution in [-0.4, -0.2) is 12.1 Å². The number of halogens is 3. The van der Waals surface area contributed by atoms with Crippen molar-refractivity contribution in [3.8, 4) is 5.75 Å². The van der Waals surface area contributed by atoms with Crippen molar-refractivity contribution in [1.82, 2.24) is 5.43 Å². The summed E-state index contributed by atoms with van der Waals surface area (Å²) in [6.07, 6.45) is 1.46. The Morgan fingerprint density at radius 1 is 1.04 bits per heavy atom. The van der Waals surface area contributed by atoms with Crippen molar-refractivity contribution >= 4 is 51.3 Å². The van der Waals surface area contributed by atoms with Gasteiger partial charge in [0.1, 0.15) is 12.4 Å². The molecule has 0 aliphatic rings. The predicted octanol–water partition coefficient (Wildman–Crippen LogP) is 6.10. The fraction of sp³-hybridized carbons (Fsp3) is 0.0476. The molecule has 0 saturated heterocycles. The van der Waals surface area contributed by atoms with Crippen molar-refractivity contribution in [2.24, 2.45) is 5.10 Å². The maximum Gasteiger partial charge on any atom is 0.271 e. The van der Waals surface area contributed by atoms with E-state index in [0.717, 1.165) is 10.0 Å². The first-order chi connectivity index (χ1) is 13.5. The molecule has 0 atom stereocenters. The summed E-state index contributed by atoms with van der Waals surface area (Å²) in [7, 11) is 0. The molecule has 0 aliphatic heterocycles. The Labute approximate surface area is 181 Å². The third-order valence-corrected chi connectivity index (χ3v) is 4.86. The molecule has 0 aliphatic carbocycles. The van der Waals surface area contributed by atoms with E-state index in [9.17, 15) is 4.79 Å². The lowest BCUT2D eigenvalue weighted by atomic mass is 10.2. The van der Waals surface area contributed by atoms with E-state index in [-0.39, 0.29) is 5.91 Å². The summed E-state index contributed by atoms with van der Waals surface area (Å²) in [5.74, 6) is 0.344. The zero-order valence-electron chi connectivity index (χ0n) is 14.5. The van der Waals surface area contributed by atoms with E-state index >= 15 is 0 Å². The first-order valence-corrected chi connectivity index (χ1v) is 9.82. The average Bonchev–Trinajstić information content (AvgIpc) is 2.69. The number of ether oxygens (including phenoxy) is 1. The first-order valence-electron chi connectivity index (χ1n) is 8.27. The minimum atomic E-state index is -0.333. The van der Waals surface area contributed by atoms with Gasteiger partial charge in [-0.25, -0.2) is 5.43 Å². The van der Waals surface area contributed by atoms with Gasteiger partial charge in [0, 0.05) is 20.6 Å². The van der Waals surface area contributed by atoms with Gasteiger partial charge in [0.2, 0.25) is 0 Å². The first kappa shape index (κ1) is 20.4. The van der Waals surface area contributed by atoms with Gasteiger partial charge in [-0.2, -0.15) is 5.10 Å². The van der Waals surface area contributed by atoms with Crippen LogP contribution in [0.15, 0.2) is 76.3 Å². The normalized spacial score (nSPS) is 10.8. The van der Waals surface area contributed by atoms with Crippen LogP contribution in [0, 0.1) is 0 Å². The van der Waals surface area contributed by atoms with Gasteiger partial charge in [0.15, 0.2) is 0 Å². The molecule has 3 aromatic carbocycles. The van der Waals surface area contributed by atoms with Gasteiger partial charge in [-0.05, 0) is 54.1 Å². The Bertz CT molecular complexity index is 990. The number of hydrogen-bond acceptors (Lipinski definition) is 3. The van der Waals surface area contributed by atoms with Crippen LogP contribution in [0.3, 0.4) is 0 Å². The van der Waals surface area contributed by atoms with Crippen LogP contribution in [0.1, 0.15) is 21.5 Å². The molecule has 142 valence electrons. The molecular weight excluding hydrogens is 463 g/mol. The molecular formula is C21H15BrCl2N2O2. The van der Waals surface area contributed by atoms with Crippen molar-refractivity contribution in [2.75, 3.05) is 0 Å². The number of rotatable bonds is 6. The Morgan fingerprint density at radius 2 is 1.75 bits per heavy atom. The number of nitrogens with zero attached hydrogens (tertiary/aromatic N) is 1. The maximum absolute atomic E-state index is 12.2. The molecule has 0 saturated carbocycles. The molecule has 0 radical (unpaired) electrons. The summed E-state index contributed by atoms with van der Waals surface area (Å²) in [5.41, 5.74) is 4.64. The number of hydrogen-bond donors (Lipinski definition) is 1. The second kappa shape index (κ2) is 9.73. The number of benzene rings is 3. The SMILES string of the molecule is O=C(N/N=C\c1ccc(Cl)cc1Cl)c1ccc(OCc2ccc(Br)cc2)cc1. The Balaban J connectivity index is 1.54. The summed E-state index contributed by atoms with van der Waals surface area (Å²) in [5, 5.41) is 4.92. The molecule has 7 heteroatoms. The van der Waals surface area contributed by atoms with Gasteiger partial charge < -0.3 is 4.74 Å². The summed E-state index contributed by atoms with van der Waals surface area (Å²) >= 11 is 15.3. The standard InChI is InChI=1S/C21H15BrCl2N2O2/c22-17-6-1-14(2-7-17)13-28-19-9-4-15(5-10-19)21(27)26-25-12-16-3-8-18(23)11-20(16)24/h1-12H,13H2,(H,26,27)/b25-12-. The minimum absolute atomic E-state index is 0.333. The Kier molecular flexibility index (Phi) is 7.09. The van der Waals surface area contributed by atoms with Gasteiger partial charge in [-0.1, -0.05) is 57.3 Å². The molecule has 0 unspecified atom stereocenters. The van der Waals surface area contributed by atoms with Gasteiger partial charge in [-0.15, -0.1) is 0 Å². The van der Waals surface area contributed by atoms with Crippen molar-refractivity contribution in [2.45, 2.75) is 6.61 Å². The van der Waals surface area contributed by atoms with E-state index in [1.54, 1.807) is 42.5 Å². The highest BCUT2D eigenvalue weighted by Crippen LogP contribution is 2.19. The molecule has 1 amide bonds. The Morgan fingerprint density at radius 3 is 2.43 bits per heavy atom. The predicted molar refractivity (Wildman–Crippen MR) is 116 cm³/mol.